The number of nitrogens with one attached hydrogen (secondary N) is 1. The lowest BCUT2D eigenvalue weighted by molar-refractivity contribution is -0.146. The predicted molar refractivity (Wildman–Crippen MR) is 145 cm³/mol. The lowest BCUT2D eigenvalue weighted by Crippen LogP contribution is -2.43. The van der Waals surface area contributed by atoms with E-state index in [1.165, 1.54) is 12.0 Å². The number of hydrogen-bond donors (Lipinski definition) is 1. The van der Waals surface area contributed by atoms with Crippen LogP contribution < -0.4 is 10.2 Å². The third kappa shape index (κ3) is 5.48. The van der Waals surface area contributed by atoms with Gasteiger partial charge in [-0.25, -0.2) is 14.7 Å². The maximum absolute atomic E-state index is 13.5. The van der Waals surface area contributed by atoms with Crippen LogP contribution in [0.1, 0.15) is 45.7 Å². The van der Waals surface area contributed by atoms with Gasteiger partial charge in [0.15, 0.2) is 0 Å². The first kappa shape index (κ1) is 27.4. The first-order valence-electron chi connectivity index (χ1n) is 12.0. The Hall–Kier alpha value is -4.20. The Labute approximate surface area is 218 Å². The van der Waals surface area contributed by atoms with Gasteiger partial charge in [0.1, 0.15) is 11.4 Å². The minimum atomic E-state index is -1.06. The Morgan fingerprint density at radius 1 is 1.19 bits per heavy atom. The average Bonchev–Trinajstić information content (AvgIpc) is 3.05. The number of imide groups is 1. The molecule has 1 aliphatic heterocycles. The number of ether oxygens (including phenoxy) is 1. The second kappa shape index (κ2) is 10.8. The van der Waals surface area contributed by atoms with Crippen molar-refractivity contribution in [1.82, 2.24) is 9.88 Å². The first-order chi connectivity index (χ1) is 17.5. The van der Waals surface area contributed by atoms with Gasteiger partial charge < -0.3 is 15.0 Å². The molecule has 2 heterocycles. The minimum Gasteiger partial charge on any atom is -0.468 e. The minimum absolute atomic E-state index is 0.223. The molecule has 1 saturated heterocycles. The molecule has 2 aromatic rings. The van der Waals surface area contributed by atoms with Gasteiger partial charge in [0, 0.05) is 18.4 Å². The summed E-state index contributed by atoms with van der Waals surface area (Å²) in [7, 11) is 1.34. The van der Waals surface area contributed by atoms with Gasteiger partial charge in [0.25, 0.3) is 5.91 Å². The molecule has 0 atom stereocenters. The number of benzene rings is 1. The van der Waals surface area contributed by atoms with Crippen molar-refractivity contribution in [1.29, 1.82) is 0 Å². The van der Waals surface area contributed by atoms with Crippen LogP contribution in [0.25, 0.3) is 0 Å². The van der Waals surface area contributed by atoms with Crippen LogP contribution in [-0.2, 0) is 26.3 Å². The van der Waals surface area contributed by atoms with Crippen molar-refractivity contribution in [3.05, 3.63) is 90.3 Å². The second-order valence-electron chi connectivity index (χ2n) is 9.76. The average molecular weight is 503 g/mol. The van der Waals surface area contributed by atoms with Crippen LogP contribution in [0.4, 0.5) is 16.3 Å². The van der Waals surface area contributed by atoms with Crippen LogP contribution in [0.2, 0.25) is 0 Å². The zero-order valence-electron chi connectivity index (χ0n) is 22.2. The van der Waals surface area contributed by atoms with Crippen molar-refractivity contribution in [2.75, 3.05) is 17.3 Å². The molecule has 3 amide bonds. The number of allylic oxidation sites excluding steroid dienone is 4. The number of hydrogen-bond acceptors (Lipinski definition) is 6. The van der Waals surface area contributed by atoms with E-state index in [1.807, 2.05) is 37.3 Å². The van der Waals surface area contributed by atoms with Gasteiger partial charge in [-0.15, -0.1) is 0 Å². The number of nitrogens with zero attached hydrogens (tertiary/aromatic N) is 3. The van der Waals surface area contributed by atoms with Crippen molar-refractivity contribution < 1.29 is 19.1 Å². The monoisotopic (exact) mass is 502 g/mol. The quantitative estimate of drug-likeness (QED) is 0.283. The maximum atomic E-state index is 13.5. The Morgan fingerprint density at radius 2 is 1.86 bits per heavy atom. The molecule has 194 valence electrons. The van der Waals surface area contributed by atoms with Gasteiger partial charge in [0.2, 0.25) is 0 Å². The normalized spacial score (nSPS) is 15.9. The van der Waals surface area contributed by atoms with Gasteiger partial charge in [-0.1, -0.05) is 30.9 Å². The van der Waals surface area contributed by atoms with E-state index in [4.69, 9.17) is 4.74 Å². The highest BCUT2D eigenvalue weighted by Gasteiger charge is 2.51. The van der Waals surface area contributed by atoms with Crippen LogP contribution in [0.15, 0.2) is 79.2 Å². The van der Waals surface area contributed by atoms with Gasteiger partial charge in [-0.2, -0.15) is 0 Å². The van der Waals surface area contributed by atoms with E-state index in [1.54, 1.807) is 69.1 Å². The number of amides is 3. The van der Waals surface area contributed by atoms with Crippen molar-refractivity contribution in [2.24, 2.45) is 0 Å². The summed E-state index contributed by atoms with van der Waals surface area (Å²) < 4.78 is 4.90. The highest BCUT2D eigenvalue weighted by molar-refractivity contribution is 6.22. The van der Waals surface area contributed by atoms with Crippen LogP contribution in [0.3, 0.4) is 0 Å². The van der Waals surface area contributed by atoms with Gasteiger partial charge in [-0.05, 0) is 82.2 Å². The molecular weight excluding hydrogens is 468 g/mol. The Balaban J connectivity index is 1.85. The molecule has 0 aliphatic carbocycles. The van der Waals surface area contributed by atoms with E-state index < -0.39 is 17.0 Å². The van der Waals surface area contributed by atoms with E-state index in [9.17, 15) is 14.4 Å². The summed E-state index contributed by atoms with van der Waals surface area (Å²) >= 11 is 0. The third-order valence-corrected chi connectivity index (χ3v) is 6.49. The van der Waals surface area contributed by atoms with Gasteiger partial charge >= 0.3 is 12.0 Å². The molecular formula is C29H34N4O4. The molecule has 1 fully saturated rings. The lowest BCUT2D eigenvalue weighted by atomic mass is 9.84. The predicted octanol–water partition coefficient (Wildman–Crippen LogP) is 5.34. The summed E-state index contributed by atoms with van der Waals surface area (Å²) in [5, 5.41) is 3.20. The summed E-state index contributed by atoms with van der Waals surface area (Å²) in [4.78, 5) is 46.1. The van der Waals surface area contributed by atoms with Gasteiger partial charge in [0.05, 0.1) is 18.2 Å². The van der Waals surface area contributed by atoms with Crippen LogP contribution in [0.5, 0.6) is 0 Å². The van der Waals surface area contributed by atoms with Crippen molar-refractivity contribution >= 4 is 29.4 Å². The number of urea groups is 1. The summed E-state index contributed by atoms with van der Waals surface area (Å²) in [5.41, 5.74) is 0.835. The molecule has 0 bridgehead atoms. The molecule has 3 rings (SSSR count). The smallest absolute Gasteiger partial charge is 0.332 e. The molecule has 0 unspecified atom stereocenters. The first-order valence-corrected chi connectivity index (χ1v) is 12.0. The standard InChI is InChI=1S/C29H34N4O4/c1-8-10-11-22(9-2)31-24-18-20(16-17-30-24)19-32-27(36)33(25(34)29(32,5)6)23-14-12-21(13-15-23)28(3,4)26(35)37-7/h8-18H,2,19H2,1,3-7H3,(H,30,31)/b10-8-,22-11+. The maximum Gasteiger partial charge on any atom is 0.332 e. The summed E-state index contributed by atoms with van der Waals surface area (Å²) in [6, 6.07) is 10.1. The van der Waals surface area contributed by atoms with Crippen LogP contribution in [-0.4, -0.2) is 40.4 Å². The van der Waals surface area contributed by atoms with Crippen molar-refractivity contribution in [3.63, 3.8) is 0 Å². The highest BCUT2D eigenvalue weighted by Crippen LogP contribution is 2.35. The largest absolute Gasteiger partial charge is 0.468 e. The fraction of sp³-hybridized carbons (Fsp3) is 0.310. The third-order valence-electron chi connectivity index (χ3n) is 6.49. The number of esters is 1. The van der Waals surface area contributed by atoms with E-state index in [0.717, 1.165) is 16.8 Å². The summed E-state index contributed by atoms with van der Waals surface area (Å²) in [6.45, 7) is 12.9. The molecule has 8 heteroatoms. The molecule has 0 radical (unpaired) electrons. The second-order valence-corrected chi connectivity index (χ2v) is 9.76. The van der Waals surface area contributed by atoms with E-state index in [-0.39, 0.29) is 18.4 Å². The SMILES string of the molecule is C=C/C(=C\C=C/C)Nc1cc(CN2C(=O)N(c3ccc(C(C)(C)C(=O)OC)cc3)C(=O)C2(C)C)ccn1. The highest BCUT2D eigenvalue weighted by atomic mass is 16.5. The Bertz CT molecular complexity index is 1260. The lowest BCUT2D eigenvalue weighted by Gasteiger charge is -2.27. The Morgan fingerprint density at radius 3 is 2.46 bits per heavy atom. The molecule has 1 aliphatic rings. The zero-order valence-corrected chi connectivity index (χ0v) is 22.2. The molecule has 0 spiro atoms. The van der Waals surface area contributed by atoms with Crippen LogP contribution in [0, 0.1) is 0 Å². The van der Waals surface area contributed by atoms with Gasteiger partial charge in [-0.3, -0.25) is 9.59 Å². The number of methoxy groups -OCH3 is 1. The fourth-order valence-electron chi connectivity index (χ4n) is 4.06. The number of aromatic nitrogens is 1. The number of pyridine rings is 1. The molecule has 0 saturated carbocycles. The topological polar surface area (TPSA) is 91.8 Å². The van der Waals surface area contributed by atoms with E-state index in [0.29, 0.717) is 11.5 Å². The van der Waals surface area contributed by atoms with Crippen molar-refractivity contribution in [3.8, 4) is 0 Å². The number of carbonyl (C=O) groups excluding carboxylic acids is 3. The molecule has 1 aromatic heterocycles. The fourth-order valence-corrected chi connectivity index (χ4v) is 4.06. The van der Waals surface area contributed by atoms with E-state index in [2.05, 4.69) is 16.9 Å². The number of rotatable bonds is 9. The summed E-state index contributed by atoms with van der Waals surface area (Å²) in [6.07, 6.45) is 9.02. The molecule has 1 aromatic carbocycles. The molecule has 8 nitrogen and oxygen atoms in total. The molecule has 1 N–H and O–H groups in total. The van der Waals surface area contributed by atoms with E-state index >= 15 is 0 Å². The number of carbonyl (C=O) groups is 3. The Kier molecular flexibility index (Phi) is 8.01. The number of anilines is 2. The van der Waals surface area contributed by atoms with Crippen molar-refractivity contribution in [2.45, 2.75) is 52.1 Å². The van der Waals surface area contributed by atoms with Crippen LogP contribution >= 0.6 is 0 Å². The molecule has 37 heavy (non-hydrogen) atoms. The summed E-state index contributed by atoms with van der Waals surface area (Å²) in [5.74, 6) is -0.0951. The zero-order chi connectivity index (χ0) is 27.4.